The predicted octanol–water partition coefficient (Wildman–Crippen LogP) is 3.23. The van der Waals surface area contributed by atoms with Crippen molar-refractivity contribution in [3.8, 4) is 11.5 Å². The summed E-state index contributed by atoms with van der Waals surface area (Å²) in [5.74, 6) is 0.307. The lowest BCUT2D eigenvalue weighted by atomic mass is 10.1. The van der Waals surface area contributed by atoms with Crippen molar-refractivity contribution in [2.24, 2.45) is 0 Å². The third-order valence-corrected chi connectivity index (χ3v) is 3.74. The second-order valence-electron chi connectivity index (χ2n) is 5.10. The molecule has 23 heavy (non-hydrogen) atoms. The van der Waals surface area contributed by atoms with E-state index in [1.54, 1.807) is 62.8 Å². The molecule has 0 saturated carbocycles. The van der Waals surface area contributed by atoms with Gasteiger partial charge in [-0.25, -0.2) is 0 Å². The lowest BCUT2D eigenvalue weighted by Crippen LogP contribution is -2.26. The summed E-state index contributed by atoms with van der Waals surface area (Å²) in [5.41, 5.74) is 1.34. The molecule has 3 rings (SSSR count). The zero-order valence-electron chi connectivity index (χ0n) is 12.9. The van der Waals surface area contributed by atoms with Crippen LogP contribution in [0.1, 0.15) is 10.4 Å². The summed E-state index contributed by atoms with van der Waals surface area (Å²) in [7, 11) is 3.25. The molecular formula is C18H16N2O3. The van der Waals surface area contributed by atoms with E-state index in [4.69, 9.17) is 4.74 Å². The molecule has 0 bridgehead atoms. The van der Waals surface area contributed by atoms with Crippen LogP contribution in [0.2, 0.25) is 0 Å². The number of ether oxygens (including phenoxy) is 1. The minimum absolute atomic E-state index is 0.103. The molecule has 0 atom stereocenters. The van der Waals surface area contributed by atoms with Gasteiger partial charge in [0.2, 0.25) is 0 Å². The van der Waals surface area contributed by atoms with Gasteiger partial charge < -0.3 is 14.7 Å². The monoisotopic (exact) mass is 308 g/mol. The summed E-state index contributed by atoms with van der Waals surface area (Å²) in [6, 6.07) is 14.1. The van der Waals surface area contributed by atoms with E-state index < -0.39 is 0 Å². The van der Waals surface area contributed by atoms with Crippen LogP contribution in [0.5, 0.6) is 11.5 Å². The molecule has 0 radical (unpaired) electrons. The van der Waals surface area contributed by atoms with Crippen molar-refractivity contribution in [1.82, 2.24) is 4.98 Å². The van der Waals surface area contributed by atoms with Gasteiger partial charge in [0, 0.05) is 24.3 Å². The van der Waals surface area contributed by atoms with Crippen molar-refractivity contribution >= 4 is 22.5 Å². The molecule has 116 valence electrons. The van der Waals surface area contributed by atoms with E-state index in [1.165, 1.54) is 4.90 Å². The summed E-state index contributed by atoms with van der Waals surface area (Å²) >= 11 is 0. The molecule has 0 aliphatic heterocycles. The van der Waals surface area contributed by atoms with Crippen LogP contribution in [0.25, 0.3) is 10.9 Å². The number of amides is 1. The minimum atomic E-state index is -0.305. The van der Waals surface area contributed by atoms with Crippen LogP contribution in [0.4, 0.5) is 5.69 Å². The van der Waals surface area contributed by atoms with E-state index in [2.05, 4.69) is 4.98 Å². The van der Waals surface area contributed by atoms with Crippen molar-refractivity contribution in [1.29, 1.82) is 0 Å². The van der Waals surface area contributed by atoms with Gasteiger partial charge in [-0.3, -0.25) is 9.78 Å². The highest BCUT2D eigenvalue weighted by Gasteiger charge is 2.19. The maximum Gasteiger partial charge on any atom is 0.261 e. The Balaban J connectivity index is 1.97. The van der Waals surface area contributed by atoms with Gasteiger partial charge in [0.1, 0.15) is 11.3 Å². The fourth-order valence-corrected chi connectivity index (χ4v) is 2.41. The van der Waals surface area contributed by atoms with Gasteiger partial charge in [0.15, 0.2) is 5.75 Å². The highest BCUT2D eigenvalue weighted by molar-refractivity contribution is 6.10. The topological polar surface area (TPSA) is 62.7 Å². The molecule has 0 spiro atoms. The first kappa shape index (κ1) is 14.8. The highest BCUT2D eigenvalue weighted by Crippen LogP contribution is 2.29. The molecule has 1 amide bonds. The van der Waals surface area contributed by atoms with Gasteiger partial charge in [-0.1, -0.05) is 12.1 Å². The van der Waals surface area contributed by atoms with Gasteiger partial charge in [-0.2, -0.15) is 0 Å². The fraction of sp³-hybridized carbons (Fsp3) is 0.111. The normalized spacial score (nSPS) is 10.5. The summed E-state index contributed by atoms with van der Waals surface area (Å²) in [6.45, 7) is 0. The standard InChI is InChI=1S/C18H16N2O3/c1-20(13-6-8-14(23-2)9-7-13)18(22)15-10-5-12-4-3-11-19-16(12)17(15)21/h3-11,21H,1-2H3. The Morgan fingerprint density at radius 2 is 1.87 bits per heavy atom. The molecule has 1 heterocycles. The Kier molecular flexibility index (Phi) is 3.85. The number of hydrogen-bond acceptors (Lipinski definition) is 4. The first-order valence-corrected chi connectivity index (χ1v) is 7.10. The number of pyridine rings is 1. The number of methoxy groups -OCH3 is 1. The molecule has 5 nitrogen and oxygen atoms in total. The smallest absolute Gasteiger partial charge is 0.261 e. The van der Waals surface area contributed by atoms with Crippen molar-refractivity contribution in [3.63, 3.8) is 0 Å². The average Bonchev–Trinajstić information content (AvgIpc) is 2.61. The molecule has 1 N–H and O–H groups in total. The van der Waals surface area contributed by atoms with Crippen molar-refractivity contribution in [3.05, 3.63) is 60.3 Å². The van der Waals surface area contributed by atoms with E-state index in [0.29, 0.717) is 17.0 Å². The number of aromatic nitrogens is 1. The number of nitrogens with zero attached hydrogens (tertiary/aromatic N) is 2. The number of carbonyl (C=O) groups excluding carboxylic acids is 1. The Morgan fingerprint density at radius 3 is 2.57 bits per heavy atom. The molecule has 0 aliphatic carbocycles. The lowest BCUT2D eigenvalue weighted by molar-refractivity contribution is 0.0990. The van der Waals surface area contributed by atoms with Crippen molar-refractivity contribution in [2.75, 3.05) is 19.1 Å². The summed E-state index contributed by atoms with van der Waals surface area (Å²) in [4.78, 5) is 18.3. The van der Waals surface area contributed by atoms with Crippen LogP contribution < -0.4 is 9.64 Å². The molecule has 5 heteroatoms. The number of anilines is 1. The number of rotatable bonds is 3. The van der Waals surface area contributed by atoms with E-state index >= 15 is 0 Å². The Bertz CT molecular complexity index is 860. The summed E-state index contributed by atoms with van der Waals surface area (Å²) in [5, 5.41) is 11.2. The van der Waals surface area contributed by atoms with Crippen LogP contribution in [-0.2, 0) is 0 Å². The Morgan fingerprint density at radius 1 is 1.13 bits per heavy atom. The second kappa shape index (κ2) is 5.96. The molecule has 0 saturated heterocycles. The van der Waals surface area contributed by atoms with Gasteiger partial charge >= 0.3 is 0 Å². The number of hydrogen-bond donors (Lipinski definition) is 1. The number of phenols is 1. The maximum atomic E-state index is 12.7. The van der Waals surface area contributed by atoms with E-state index in [9.17, 15) is 9.90 Å². The number of benzene rings is 2. The summed E-state index contributed by atoms with van der Waals surface area (Å²) in [6.07, 6.45) is 1.59. The zero-order valence-corrected chi connectivity index (χ0v) is 12.9. The molecule has 2 aromatic carbocycles. The van der Waals surface area contributed by atoms with Crippen LogP contribution in [0.3, 0.4) is 0 Å². The zero-order chi connectivity index (χ0) is 16.4. The van der Waals surface area contributed by atoms with Crippen LogP contribution in [0, 0.1) is 0 Å². The molecular weight excluding hydrogens is 292 g/mol. The number of aromatic hydroxyl groups is 1. The highest BCUT2D eigenvalue weighted by atomic mass is 16.5. The third kappa shape index (κ3) is 2.68. The minimum Gasteiger partial charge on any atom is -0.505 e. The predicted molar refractivity (Wildman–Crippen MR) is 89.1 cm³/mol. The van der Waals surface area contributed by atoms with E-state index in [0.717, 1.165) is 5.39 Å². The van der Waals surface area contributed by atoms with Gasteiger partial charge in [0.05, 0.1) is 12.7 Å². The van der Waals surface area contributed by atoms with Gasteiger partial charge in [-0.05, 0) is 36.4 Å². The first-order valence-electron chi connectivity index (χ1n) is 7.10. The number of carbonyl (C=O) groups is 1. The molecule has 3 aromatic rings. The molecule has 0 fully saturated rings. The van der Waals surface area contributed by atoms with Crippen LogP contribution >= 0.6 is 0 Å². The quantitative estimate of drug-likeness (QED) is 0.807. The Hall–Kier alpha value is -3.08. The van der Waals surface area contributed by atoms with Crippen LogP contribution in [0.15, 0.2) is 54.7 Å². The first-order chi connectivity index (χ1) is 11.1. The van der Waals surface area contributed by atoms with Gasteiger partial charge in [0.25, 0.3) is 5.91 Å². The molecule has 0 aliphatic rings. The van der Waals surface area contributed by atoms with E-state index in [1.807, 2.05) is 6.07 Å². The fourth-order valence-electron chi connectivity index (χ4n) is 2.41. The number of phenolic OH excluding ortho intramolecular Hbond substituents is 1. The second-order valence-corrected chi connectivity index (χ2v) is 5.10. The van der Waals surface area contributed by atoms with Crippen molar-refractivity contribution < 1.29 is 14.6 Å². The van der Waals surface area contributed by atoms with E-state index in [-0.39, 0.29) is 17.2 Å². The third-order valence-electron chi connectivity index (χ3n) is 3.74. The van der Waals surface area contributed by atoms with Crippen molar-refractivity contribution in [2.45, 2.75) is 0 Å². The summed E-state index contributed by atoms with van der Waals surface area (Å²) < 4.78 is 5.11. The van der Waals surface area contributed by atoms with Gasteiger partial charge in [-0.15, -0.1) is 0 Å². The Labute approximate surface area is 133 Å². The molecule has 0 unspecified atom stereocenters. The molecule has 1 aromatic heterocycles. The SMILES string of the molecule is COc1ccc(N(C)C(=O)c2ccc3cccnc3c2O)cc1. The van der Waals surface area contributed by atoms with Crippen LogP contribution in [-0.4, -0.2) is 30.2 Å². The largest absolute Gasteiger partial charge is 0.505 e. The lowest BCUT2D eigenvalue weighted by Gasteiger charge is -2.18. The maximum absolute atomic E-state index is 12.7. The number of fused-ring (bicyclic) bond motifs is 1. The average molecular weight is 308 g/mol.